The van der Waals surface area contributed by atoms with Crippen molar-refractivity contribution in [1.82, 2.24) is 9.38 Å². The van der Waals surface area contributed by atoms with E-state index < -0.39 is 41.7 Å². The van der Waals surface area contributed by atoms with Crippen LogP contribution in [0.2, 0.25) is 0 Å². The average molecular weight is 422 g/mol. The minimum Gasteiger partial charge on any atom is -0.472 e. The number of ether oxygens (including phenoxy) is 4. The van der Waals surface area contributed by atoms with Crippen LogP contribution >= 0.6 is 11.8 Å². The molecular weight excluding hydrogens is 400 g/mol. The number of carbonyl (C=O) groups excluding carboxylic acids is 3. The van der Waals surface area contributed by atoms with Crippen LogP contribution in [0, 0.1) is 6.92 Å². The van der Waals surface area contributed by atoms with Gasteiger partial charge in [0.2, 0.25) is 0 Å². The van der Waals surface area contributed by atoms with Gasteiger partial charge in [-0.2, -0.15) is 0 Å². The molecule has 2 aromatic heterocycles. The molecule has 4 atom stereocenters. The molecule has 1 fully saturated rings. The van der Waals surface area contributed by atoms with Gasteiger partial charge in [0, 0.05) is 38.9 Å². The molecule has 0 radical (unpaired) electrons. The van der Waals surface area contributed by atoms with Crippen LogP contribution in [0.5, 0.6) is 5.75 Å². The van der Waals surface area contributed by atoms with Crippen LogP contribution in [0.15, 0.2) is 24.5 Å². The van der Waals surface area contributed by atoms with Gasteiger partial charge in [-0.1, -0.05) is 0 Å². The van der Waals surface area contributed by atoms with Crippen molar-refractivity contribution >= 4 is 35.3 Å². The van der Waals surface area contributed by atoms with E-state index in [-0.39, 0.29) is 0 Å². The summed E-state index contributed by atoms with van der Waals surface area (Å²) in [5, 5.41) is 0. The van der Waals surface area contributed by atoms with Crippen LogP contribution in [-0.4, -0.2) is 56.8 Å². The first-order valence-corrected chi connectivity index (χ1v) is 10.0. The second-order valence-electron chi connectivity index (χ2n) is 6.60. The normalized spacial score (nSPS) is 24.0. The molecule has 29 heavy (non-hydrogen) atoms. The number of aryl methyl sites for hydroxylation is 1. The molecule has 0 spiro atoms. The third-order valence-corrected chi connectivity index (χ3v) is 5.33. The summed E-state index contributed by atoms with van der Waals surface area (Å²) in [6, 6.07) is 3.56. The molecule has 0 unspecified atom stereocenters. The molecule has 3 rings (SSSR count). The molecule has 0 N–H and O–H groups in total. The summed E-state index contributed by atoms with van der Waals surface area (Å²) in [5.41, 5.74) is 0.734. The highest BCUT2D eigenvalue weighted by Gasteiger charge is 2.47. The maximum absolute atomic E-state index is 11.7. The van der Waals surface area contributed by atoms with Crippen molar-refractivity contribution in [2.75, 3.05) is 5.75 Å². The molecule has 1 aliphatic rings. The first-order valence-electron chi connectivity index (χ1n) is 8.99. The smallest absolute Gasteiger partial charge is 0.303 e. The highest BCUT2D eigenvalue weighted by molar-refractivity contribution is 7.99. The molecule has 156 valence electrons. The summed E-state index contributed by atoms with van der Waals surface area (Å²) in [7, 11) is 0. The lowest BCUT2D eigenvalue weighted by Crippen LogP contribution is -2.55. The number of rotatable bonds is 5. The van der Waals surface area contributed by atoms with Gasteiger partial charge in [-0.15, -0.1) is 11.8 Å². The molecule has 3 heterocycles. The number of fused-ring (bicyclic) bond motifs is 1. The molecule has 2 aromatic rings. The van der Waals surface area contributed by atoms with Crippen molar-refractivity contribution in [2.45, 2.75) is 51.4 Å². The van der Waals surface area contributed by atoms with Gasteiger partial charge in [0.25, 0.3) is 0 Å². The van der Waals surface area contributed by atoms with Crippen molar-refractivity contribution in [2.24, 2.45) is 0 Å². The Hall–Kier alpha value is -2.75. The van der Waals surface area contributed by atoms with Gasteiger partial charge < -0.3 is 23.3 Å². The number of hydrogen-bond donors (Lipinski definition) is 0. The first kappa shape index (κ1) is 21.0. The summed E-state index contributed by atoms with van der Waals surface area (Å²) in [5.74, 6) is -0.883. The maximum Gasteiger partial charge on any atom is 0.303 e. The van der Waals surface area contributed by atoms with Gasteiger partial charge in [-0.3, -0.25) is 14.4 Å². The predicted molar refractivity (Wildman–Crippen MR) is 103 cm³/mol. The van der Waals surface area contributed by atoms with Gasteiger partial charge in [-0.05, 0) is 19.1 Å². The Kier molecular flexibility index (Phi) is 6.31. The van der Waals surface area contributed by atoms with Gasteiger partial charge >= 0.3 is 17.9 Å². The number of pyridine rings is 1. The average Bonchev–Trinajstić information content (AvgIpc) is 3.00. The van der Waals surface area contributed by atoms with Crippen molar-refractivity contribution in [3.8, 4) is 5.75 Å². The number of nitrogens with zero attached hydrogens (tertiary/aromatic N) is 2. The summed E-state index contributed by atoms with van der Waals surface area (Å²) in [6.45, 7) is 5.62. The lowest BCUT2D eigenvalue weighted by Gasteiger charge is -2.39. The first-order chi connectivity index (χ1) is 13.7. The van der Waals surface area contributed by atoms with E-state index >= 15 is 0 Å². The third kappa shape index (κ3) is 5.00. The molecule has 0 aromatic carbocycles. The highest BCUT2D eigenvalue weighted by atomic mass is 32.2. The minimum absolute atomic E-state index is 0.302. The zero-order chi connectivity index (χ0) is 21.1. The summed E-state index contributed by atoms with van der Waals surface area (Å²) < 4.78 is 24.1. The number of esters is 3. The molecule has 0 saturated carbocycles. The van der Waals surface area contributed by atoms with Crippen LogP contribution in [0.1, 0.15) is 26.5 Å². The van der Waals surface area contributed by atoms with Crippen LogP contribution in [0.4, 0.5) is 0 Å². The molecule has 1 saturated heterocycles. The van der Waals surface area contributed by atoms with Crippen molar-refractivity contribution < 1.29 is 33.3 Å². The quantitative estimate of drug-likeness (QED) is 0.527. The predicted octanol–water partition coefficient (Wildman–Crippen LogP) is 1.89. The van der Waals surface area contributed by atoms with Gasteiger partial charge in [-0.25, -0.2) is 4.98 Å². The number of hydrogen-bond acceptors (Lipinski definition) is 9. The van der Waals surface area contributed by atoms with E-state index in [1.54, 1.807) is 6.07 Å². The Labute approximate surface area is 171 Å². The Morgan fingerprint density at radius 3 is 2.38 bits per heavy atom. The fourth-order valence-electron chi connectivity index (χ4n) is 3.14. The second-order valence-corrected chi connectivity index (χ2v) is 7.73. The van der Waals surface area contributed by atoms with Crippen LogP contribution in [0.25, 0.3) is 5.65 Å². The van der Waals surface area contributed by atoms with E-state index in [1.807, 2.05) is 29.8 Å². The van der Waals surface area contributed by atoms with Gasteiger partial charge in [0.1, 0.15) is 0 Å². The van der Waals surface area contributed by atoms with E-state index in [2.05, 4.69) is 4.98 Å². The Bertz CT molecular complexity index is 928. The largest absolute Gasteiger partial charge is 0.472 e. The highest BCUT2D eigenvalue weighted by Crippen LogP contribution is 2.35. The summed E-state index contributed by atoms with van der Waals surface area (Å²) >= 11 is 1.30. The maximum atomic E-state index is 11.7. The van der Waals surface area contributed by atoms with Crippen molar-refractivity contribution in [3.05, 3.63) is 30.2 Å². The molecular formula is C19H22N2O7S. The second kappa shape index (κ2) is 8.73. The van der Waals surface area contributed by atoms with Crippen LogP contribution in [0.3, 0.4) is 0 Å². The number of carbonyl (C=O) groups is 3. The monoisotopic (exact) mass is 422 g/mol. The fourth-order valence-corrected chi connectivity index (χ4v) is 4.35. The van der Waals surface area contributed by atoms with Gasteiger partial charge in [0.05, 0.1) is 5.69 Å². The molecule has 0 bridgehead atoms. The lowest BCUT2D eigenvalue weighted by atomic mass is 10.1. The van der Waals surface area contributed by atoms with E-state index in [4.69, 9.17) is 18.9 Å². The Morgan fingerprint density at radius 1 is 1.07 bits per heavy atom. The molecule has 10 heteroatoms. The fraction of sp³-hybridized carbons (Fsp3) is 0.474. The van der Waals surface area contributed by atoms with Crippen LogP contribution < -0.4 is 4.74 Å². The third-order valence-electron chi connectivity index (χ3n) is 4.12. The number of thioether (sulfide) groups is 1. The topological polar surface area (TPSA) is 105 Å². The zero-order valence-corrected chi connectivity index (χ0v) is 17.3. The summed E-state index contributed by atoms with van der Waals surface area (Å²) in [4.78, 5) is 39.3. The van der Waals surface area contributed by atoms with E-state index in [0.717, 1.165) is 5.69 Å². The standard InChI is InChI=1S/C19H22N2O7S/c1-10-8-21-7-5-6-14(18(21)20-10)28-19-17(27-13(4)24)16(26-12(3)23)15(9-29-19)25-11(2)22/h5-8,15-17,19H,9H2,1-4H3/t15-,16+,17-,19-/m1/s1. The van der Waals surface area contributed by atoms with Crippen LogP contribution in [-0.2, 0) is 28.6 Å². The Morgan fingerprint density at radius 2 is 1.72 bits per heavy atom. The molecule has 0 aliphatic carbocycles. The van der Waals surface area contributed by atoms with E-state index in [0.29, 0.717) is 17.1 Å². The molecule has 9 nitrogen and oxygen atoms in total. The van der Waals surface area contributed by atoms with Crippen molar-refractivity contribution in [1.29, 1.82) is 0 Å². The zero-order valence-electron chi connectivity index (χ0n) is 16.5. The summed E-state index contributed by atoms with van der Waals surface area (Å²) in [6.07, 6.45) is 0.967. The van der Waals surface area contributed by atoms with E-state index in [1.165, 1.54) is 32.5 Å². The Balaban J connectivity index is 1.92. The molecule has 0 amide bonds. The lowest BCUT2D eigenvalue weighted by molar-refractivity contribution is -0.186. The van der Waals surface area contributed by atoms with E-state index in [9.17, 15) is 14.4 Å². The number of aromatic nitrogens is 2. The van der Waals surface area contributed by atoms with Crippen molar-refractivity contribution in [3.63, 3.8) is 0 Å². The number of imidazole rings is 1. The van der Waals surface area contributed by atoms with Gasteiger partial charge in [0.15, 0.2) is 35.1 Å². The minimum atomic E-state index is -0.993. The SMILES string of the molecule is CC(=O)O[C@@H]1[C@@H](OC(C)=O)[C@H](OC(C)=O)CS[C@H]1Oc1cccn2cc(C)nc12. The molecule has 1 aliphatic heterocycles.